The topological polar surface area (TPSA) is 36.9 Å². The minimum atomic E-state index is -1.17. The molecule has 2 aromatic rings. The maximum Gasteiger partial charge on any atom is 0.311 e. The SMILES string of the molecule is COc1ccc2cc(C(OC)(OC)OC)ccc2c1. The van der Waals surface area contributed by atoms with Gasteiger partial charge in [-0.3, -0.25) is 0 Å². The molecular formula is C15H18O4. The molecule has 102 valence electrons. The summed E-state index contributed by atoms with van der Waals surface area (Å²) in [6, 6.07) is 11.8. The molecule has 2 rings (SSSR count). The van der Waals surface area contributed by atoms with E-state index in [0.29, 0.717) is 0 Å². The maximum absolute atomic E-state index is 5.35. The zero-order chi connectivity index (χ0) is 13.9. The lowest BCUT2D eigenvalue weighted by Gasteiger charge is -2.29. The second kappa shape index (κ2) is 5.57. The fourth-order valence-corrected chi connectivity index (χ4v) is 2.14. The predicted molar refractivity (Wildman–Crippen MR) is 73.2 cm³/mol. The summed E-state index contributed by atoms with van der Waals surface area (Å²) >= 11 is 0. The molecule has 0 unspecified atom stereocenters. The first-order valence-electron chi connectivity index (χ1n) is 5.93. The Balaban J connectivity index is 2.52. The van der Waals surface area contributed by atoms with Crippen molar-refractivity contribution in [3.8, 4) is 5.75 Å². The molecule has 0 amide bonds. The van der Waals surface area contributed by atoms with Gasteiger partial charge in [0, 0.05) is 26.9 Å². The van der Waals surface area contributed by atoms with Crippen LogP contribution in [0.1, 0.15) is 5.56 Å². The molecule has 0 aliphatic heterocycles. The molecule has 0 radical (unpaired) electrons. The van der Waals surface area contributed by atoms with Crippen LogP contribution in [-0.2, 0) is 20.2 Å². The van der Waals surface area contributed by atoms with Crippen molar-refractivity contribution in [1.29, 1.82) is 0 Å². The molecular weight excluding hydrogens is 244 g/mol. The molecule has 19 heavy (non-hydrogen) atoms. The molecule has 2 aromatic carbocycles. The van der Waals surface area contributed by atoms with Gasteiger partial charge in [0.2, 0.25) is 0 Å². The van der Waals surface area contributed by atoms with Crippen molar-refractivity contribution in [3.63, 3.8) is 0 Å². The van der Waals surface area contributed by atoms with E-state index < -0.39 is 5.97 Å². The first kappa shape index (κ1) is 13.8. The number of methoxy groups -OCH3 is 4. The Morgan fingerprint density at radius 3 is 1.89 bits per heavy atom. The zero-order valence-electron chi connectivity index (χ0n) is 11.6. The molecule has 0 spiro atoms. The van der Waals surface area contributed by atoms with Crippen molar-refractivity contribution in [2.75, 3.05) is 28.4 Å². The Morgan fingerprint density at radius 2 is 1.32 bits per heavy atom. The van der Waals surface area contributed by atoms with E-state index in [0.717, 1.165) is 22.1 Å². The summed E-state index contributed by atoms with van der Waals surface area (Å²) in [4.78, 5) is 0. The fraction of sp³-hybridized carbons (Fsp3) is 0.333. The lowest BCUT2D eigenvalue weighted by molar-refractivity contribution is -0.364. The van der Waals surface area contributed by atoms with Crippen LogP contribution >= 0.6 is 0 Å². The van der Waals surface area contributed by atoms with E-state index in [2.05, 4.69) is 0 Å². The molecule has 0 saturated carbocycles. The smallest absolute Gasteiger partial charge is 0.311 e. The number of rotatable bonds is 5. The summed E-state index contributed by atoms with van der Waals surface area (Å²) in [6.07, 6.45) is 0. The van der Waals surface area contributed by atoms with Crippen LogP contribution in [0.2, 0.25) is 0 Å². The van der Waals surface area contributed by atoms with Gasteiger partial charge in [-0.05, 0) is 29.0 Å². The van der Waals surface area contributed by atoms with E-state index in [-0.39, 0.29) is 0 Å². The van der Waals surface area contributed by atoms with Gasteiger partial charge in [0.25, 0.3) is 0 Å². The van der Waals surface area contributed by atoms with Gasteiger partial charge in [-0.2, -0.15) is 0 Å². The third-order valence-corrected chi connectivity index (χ3v) is 3.21. The summed E-state index contributed by atoms with van der Waals surface area (Å²) in [5, 5.41) is 2.15. The Kier molecular flexibility index (Phi) is 4.04. The normalized spacial score (nSPS) is 11.8. The van der Waals surface area contributed by atoms with Gasteiger partial charge in [-0.1, -0.05) is 18.2 Å². The van der Waals surface area contributed by atoms with Gasteiger partial charge < -0.3 is 18.9 Å². The zero-order valence-corrected chi connectivity index (χ0v) is 11.6. The van der Waals surface area contributed by atoms with Crippen molar-refractivity contribution >= 4 is 10.8 Å². The van der Waals surface area contributed by atoms with Crippen molar-refractivity contribution in [1.82, 2.24) is 0 Å². The van der Waals surface area contributed by atoms with E-state index >= 15 is 0 Å². The molecule has 0 atom stereocenters. The van der Waals surface area contributed by atoms with Crippen LogP contribution in [0.15, 0.2) is 36.4 Å². The van der Waals surface area contributed by atoms with Crippen LogP contribution in [0.4, 0.5) is 0 Å². The molecule has 0 heterocycles. The maximum atomic E-state index is 5.35. The highest BCUT2D eigenvalue weighted by molar-refractivity contribution is 5.84. The van der Waals surface area contributed by atoms with Gasteiger partial charge >= 0.3 is 5.97 Å². The van der Waals surface area contributed by atoms with E-state index in [1.165, 1.54) is 0 Å². The average molecular weight is 262 g/mol. The number of ether oxygens (including phenoxy) is 4. The first-order chi connectivity index (χ1) is 9.19. The molecule has 0 bridgehead atoms. The standard InChI is InChI=1S/C15H18O4/c1-16-14-8-6-11-9-13(7-5-12(11)10-14)15(17-2,18-3)19-4/h5-10H,1-4H3. The summed E-state index contributed by atoms with van der Waals surface area (Å²) in [7, 11) is 6.29. The highest BCUT2D eigenvalue weighted by atomic mass is 16.9. The molecule has 0 aliphatic rings. The highest BCUT2D eigenvalue weighted by Crippen LogP contribution is 2.30. The molecule has 0 N–H and O–H groups in total. The fourth-order valence-electron chi connectivity index (χ4n) is 2.14. The second-order valence-corrected chi connectivity index (χ2v) is 4.10. The Morgan fingerprint density at radius 1 is 0.737 bits per heavy atom. The second-order valence-electron chi connectivity index (χ2n) is 4.10. The number of hydrogen-bond acceptors (Lipinski definition) is 4. The van der Waals surface area contributed by atoms with E-state index in [9.17, 15) is 0 Å². The molecule has 0 aromatic heterocycles. The van der Waals surface area contributed by atoms with Crippen molar-refractivity contribution < 1.29 is 18.9 Å². The third kappa shape index (κ3) is 2.42. The molecule has 0 fully saturated rings. The summed E-state index contributed by atoms with van der Waals surface area (Å²) in [6.45, 7) is 0. The van der Waals surface area contributed by atoms with Crippen LogP contribution in [-0.4, -0.2) is 28.4 Å². The van der Waals surface area contributed by atoms with Crippen LogP contribution in [0, 0.1) is 0 Å². The van der Waals surface area contributed by atoms with Gasteiger partial charge in [0.15, 0.2) is 0 Å². The molecule has 4 nitrogen and oxygen atoms in total. The van der Waals surface area contributed by atoms with Gasteiger partial charge in [0.05, 0.1) is 7.11 Å². The number of fused-ring (bicyclic) bond motifs is 1. The molecule has 0 aliphatic carbocycles. The van der Waals surface area contributed by atoms with Crippen LogP contribution < -0.4 is 4.74 Å². The highest BCUT2D eigenvalue weighted by Gasteiger charge is 2.32. The Labute approximate surface area is 112 Å². The van der Waals surface area contributed by atoms with Crippen molar-refractivity contribution in [2.45, 2.75) is 5.97 Å². The number of benzene rings is 2. The largest absolute Gasteiger partial charge is 0.497 e. The summed E-state index contributed by atoms with van der Waals surface area (Å²) < 4.78 is 21.3. The van der Waals surface area contributed by atoms with Crippen molar-refractivity contribution in [2.24, 2.45) is 0 Å². The average Bonchev–Trinajstić information content (AvgIpc) is 2.49. The van der Waals surface area contributed by atoms with Gasteiger partial charge in [0.1, 0.15) is 5.75 Å². The van der Waals surface area contributed by atoms with Gasteiger partial charge in [-0.15, -0.1) is 0 Å². The lowest BCUT2D eigenvalue weighted by atomic mass is 10.1. The van der Waals surface area contributed by atoms with Crippen LogP contribution in [0.25, 0.3) is 10.8 Å². The Bertz CT molecular complexity index is 553. The minimum absolute atomic E-state index is 0.803. The molecule has 4 heteroatoms. The minimum Gasteiger partial charge on any atom is -0.497 e. The quantitative estimate of drug-likeness (QED) is 0.776. The van der Waals surface area contributed by atoms with Crippen molar-refractivity contribution in [3.05, 3.63) is 42.0 Å². The monoisotopic (exact) mass is 262 g/mol. The van der Waals surface area contributed by atoms with Gasteiger partial charge in [-0.25, -0.2) is 0 Å². The van der Waals surface area contributed by atoms with E-state index in [4.69, 9.17) is 18.9 Å². The predicted octanol–water partition coefficient (Wildman–Crippen LogP) is 2.90. The van der Waals surface area contributed by atoms with Crippen LogP contribution in [0.5, 0.6) is 5.75 Å². The Hall–Kier alpha value is -1.62. The van der Waals surface area contributed by atoms with E-state index in [1.807, 2.05) is 36.4 Å². The van der Waals surface area contributed by atoms with Crippen LogP contribution in [0.3, 0.4) is 0 Å². The third-order valence-electron chi connectivity index (χ3n) is 3.21. The number of hydrogen-bond donors (Lipinski definition) is 0. The lowest BCUT2D eigenvalue weighted by Crippen LogP contribution is -2.32. The molecule has 0 saturated heterocycles. The van der Waals surface area contributed by atoms with E-state index in [1.54, 1.807) is 28.4 Å². The first-order valence-corrected chi connectivity index (χ1v) is 5.93. The summed E-state index contributed by atoms with van der Waals surface area (Å²) in [5.41, 5.74) is 0.803. The summed E-state index contributed by atoms with van der Waals surface area (Å²) in [5.74, 6) is -0.342.